The van der Waals surface area contributed by atoms with Crippen LogP contribution in [-0.4, -0.2) is 18.3 Å². The van der Waals surface area contributed by atoms with Gasteiger partial charge in [0, 0.05) is 5.46 Å². The second-order valence-corrected chi connectivity index (χ2v) is 6.23. The molecular weight excluding hydrogens is 287 g/mol. The number of halogens is 4. The summed E-state index contributed by atoms with van der Waals surface area (Å²) in [6, 6.07) is 1.94. The van der Waals surface area contributed by atoms with Gasteiger partial charge in [-0.3, -0.25) is 0 Å². The van der Waals surface area contributed by atoms with Crippen LogP contribution >= 0.6 is 0 Å². The lowest BCUT2D eigenvalue weighted by atomic mass is 9.77. The molecule has 0 atom stereocenters. The van der Waals surface area contributed by atoms with E-state index < -0.39 is 41.4 Å². The molecule has 0 unspecified atom stereocenters. The zero-order valence-corrected chi connectivity index (χ0v) is 12.6. The maximum absolute atomic E-state index is 14.3. The highest BCUT2D eigenvalue weighted by molar-refractivity contribution is 6.62. The lowest BCUT2D eigenvalue weighted by Gasteiger charge is -2.32. The van der Waals surface area contributed by atoms with E-state index in [0.29, 0.717) is 0 Å². The average Bonchev–Trinajstić information content (AvgIpc) is 2.50. The number of hydrogen-bond donors (Lipinski definition) is 0. The zero-order chi connectivity index (χ0) is 16.2. The fraction of sp³-hybridized carbons (Fsp3) is 0.571. The zero-order valence-electron chi connectivity index (χ0n) is 12.6. The van der Waals surface area contributed by atoms with Gasteiger partial charge in [-0.15, -0.1) is 0 Å². The molecule has 1 aliphatic rings. The van der Waals surface area contributed by atoms with Crippen LogP contribution in [0.5, 0.6) is 0 Å². The normalized spacial score (nSPS) is 20.9. The van der Waals surface area contributed by atoms with Gasteiger partial charge in [-0.1, -0.05) is 6.07 Å². The molecule has 0 bridgehead atoms. The van der Waals surface area contributed by atoms with Crippen LogP contribution in [0.3, 0.4) is 0 Å². The summed E-state index contributed by atoms with van der Waals surface area (Å²) in [5.74, 6) is -0.941. The number of alkyl halides is 3. The van der Waals surface area contributed by atoms with E-state index in [-0.39, 0.29) is 5.46 Å². The van der Waals surface area contributed by atoms with E-state index in [1.54, 1.807) is 27.7 Å². The third-order valence-electron chi connectivity index (χ3n) is 4.23. The van der Waals surface area contributed by atoms with Gasteiger partial charge in [-0.2, -0.15) is 13.2 Å². The van der Waals surface area contributed by atoms with E-state index >= 15 is 0 Å². The van der Waals surface area contributed by atoms with Crippen LogP contribution in [0, 0.1) is 12.7 Å². The Kier molecular flexibility index (Phi) is 3.66. The molecule has 1 aliphatic heterocycles. The molecule has 116 valence electrons. The second-order valence-electron chi connectivity index (χ2n) is 6.23. The third-order valence-corrected chi connectivity index (χ3v) is 4.23. The average molecular weight is 304 g/mol. The standard InChI is InChI=1S/C14H17BF4O2/c1-8-9(14(17,18)19)6-7-10(11(8)16)15-20-12(2,3)13(4,5)21-15/h6-7H,1-5H3. The van der Waals surface area contributed by atoms with Crippen molar-refractivity contribution in [1.82, 2.24) is 0 Å². The molecule has 1 saturated heterocycles. The summed E-state index contributed by atoms with van der Waals surface area (Å²) in [6.07, 6.45) is -4.58. The molecule has 0 N–H and O–H groups in total. The van der Waals surface area contributed by atoms with Crippen molar-refractivity contribution in [2.24, 2.45) is 0 Å². The van der Waals surface area contributed by atoms with E-state index in [1.165, 1.54) is 0 Å². The van der Waals surface area contributed by atoms with Crippen molar-refractivity contribution >= 4 is 12.6 Å². The molecule has 0 amide bonds. The largest absolute Gasteiger partial charge is 0.497 e. The summed E-state index contributed by atoms with van der Waals surface area (Å²) < 4.78 is 63.9. The molecule has 0 aliphatic carbocycles. The van der Waals surface area contributed by atoms with Crippen molar-refractivity contribution in [1.29, 1.82) is 0 Å². The Morgan fingerprint density at radius 1 is 1.00 bits per heavy atom. The van der Waals surface area contributed by atoms with E-state index in [0.717, 1.165) is 19.1 Å². The highest BCUT2D eigenvalue weighted by atomic mass is 19.4. The molecule has 0 spiro atoms. The summed E-state index contributed by atoms with van der Waals surface area (Å²) in [6.45, 7) is 8.28. The van der Waals surface area contributed by atoms with Crippen LogP contribution in [0.25, 0.3) is 0 Å². The monoisotopic (exact) mass is 304 g/mol. The Bertz CT molecular complexity index is 551. The van der Waals surface area contributed by atoms with Crippen molar-refractivity contribution in [2.75, 3.05) is 0 Å². The molecule has 21 heavy (non-hydrogen) atoms. The second kappa shape index (κ2) is 4.71. The molecule has 7 heteroatoms. The Labute approximate surface area is 121 Å². The van der Waals surface area contributed by atoms with Gasteiger partial charge in [0.15, 0.2) is 0 Å². The minimum absolute atomic E-state index is 0.0147. The van der Waals surface area contributed by atoms with Gasteiger partial charge in [-0.05, 0) is 46.2 Å². The van der Waals surface area contributed by atoms with Crippen LogP contribution in [0.4, 0.5) is 17.6 Å². The molecule has 2 rings (SSSR count). The number of rotatable bonds is 1. The fourth-order valence-electron chi connectivity index (χ4n) is 2.17. The van der Waals surface area contributed by atoms with Crippen LogP contribution in [0.15, 0.2) is 12.1 Å². The van der Waals surface area contributed by atoms with Crippen molar-refractivity contribution in [3.8, 4) is 0 Å². The third kappa shape index (κ3) is 2.69. The molecule has 1 heterocycles. The maximum Gasteiger partial charge on any atom is 0.497 e. The smallest absolute Gasteiger partial charge is 0.399 e. The van der Waals surface area contributed by atoms with Crippen LogP contribution < -0.4 is 5.46 Å². The highest BCUT2D eigenvalue weighted by Crippen LogP contribution is 2.37. The van der Waals surface area contributed by atoms with Gasteiger partial charge >= 0.3 is 13.3 Å². The Morgan fingerprint density at radius 3 is 1.90 bits per heavy atom. The molecule has 0 aromatic heterocycles. The van der Waals surface area contributed by atoms with Gasteiger partial charge in [0.05, 0.1) is 16.8 Å². The Hall–Kier alpha value is -1.08. The van der Waals surface area contributed by atoms with Crippen molar-refractivity contribution in [3.63, 3.8) is 0 Å². The first-order valence-electron chi connectivity index (χ1n) is 6.58. The summed E-state index contributed by atoms with van der Waals surface area (Å²) in [7, 11) is -1.02. The number of benzene rings is 1. The summed E-state index contributed by atoms with van der Waals surface area (Å²) >= 11 is 0. The topological polar surface area (TPSA) is 18.5 Å². The summed E-state index contributed by atoms with van der Waals surface area (Å²) in [4.78, 5) is 0. The van der Waals surface area contributed by atoms with Gasteiger partial charge in [0.25, 0.3) is 0 Å². The Balaban J connectivity index is 2.43. The summed E-state index contributed by atoms with van der Waals surface area (Å²) in [5.41, 5.74) is -2.81. The van der Waals surface area contributed by atoms with Gasteiger partial charge in [-0.25, -0.2) is 4.39 Å². The van der Waals surface area contributed by atoms with Crippen LogP contribution in [-0.2, 0) is 15.5 Å². The van der Waals surface area contributed by atoms with E-state index in [9.17, 15) is 17.6 Å². The number of hydrogen-bond acceptors (Lipinski definition) is 2. The van der Waals surface area contributed by atoms with Gasteiger partial charge in [0.2, 0.25) is 0 Å². The van der Waals surface area contributed by atoms with E-state index in [4.69, 9.17) is 9.31 Å². The van der Waals surface area contributed by atoms with E-state index in [2.05, 4.69) is 0 Å². The first kappa shape index (κ1) is 16.3. The molecule has 2 nitrogen and oxygen atoms in total. The molecule has 1 fully saturated rings. The lowest BCUT2D eigenvalue weighted by Crippen LogP contribution is -2.41. The molecule has 1 aromatic rings. The minimum Gasteiger partial charge on any atom is -0.399 e. The Morgan fingerprint density at radius 2 is 1.48 bits per heavy atom. The molecule has 0 saturated carbocycles. The lowest BCUT2D eigenvalue weighted by molar-refractivity contribution is -0.138. The van der Waals surface area contributed by atoms with Crippen LogP contribution in [0.2, 0.25) is 0 Å². The molecular formula is C14H17BF4O2. The fourth-order valence-corrected chi connectivity index (χ4v) is 2.17. The quantitative estimate of drug-likeness (QED) is 0.584. The van der Waals surface area contributed by atoms with Gasteiger partial charge < -0.3 is 9.31 Å². The SMILES string of the molecule is Cc1c(C(F)(F)F)ccc(B2OC(C)(C)C(C)(C)O2)c1F. The van der Waals surface area contributed by atoms with Crippen molar-refractivity contribution < 1.29 is 26.9 Å². The summed E-state index contributed by atoms with van der Waals surface area (Å²) in [5, 5.41) is 0. The molecule has 1 aromatic carbocycles. The predicted molar refractivity (Wildman–Crippen MR) is 71.9 cm³/mol. The van der Waals surface area contributed by atoms with Gasteiger partial charge in [0.1, 0.15) is 5.82 Å². The van der Waals surface area contributed by atoms with Crippen molar-refractivity contribution in [2.45, 2.75) is 52.0 Å². The van der Waals surface area contributed by atoms with E-state index in [1.807, 2.05) is 0 Å². The van der Waals surface area contributed by atoms with Crippen LogP contribution in [0.1, 0.15) is 38.8 Å². The van der Waals surface area contributed by atoms with Crippen molar-refractivity contribution in [3.05, 3.63) is 29.1 Å². The first-order chi connectivity index (χ1) is 9.37. The minimum atomic E-state index is -4.58. The predicted octanol–water partition coefficient (Wildman–Crippen LogP) is 3.45. The molecule has 0 radical (unpaired) electrons. The first-order valence-corrected chi connectivity index (χ1v) is 6.58. The highest BCUT2D eigenvalue weighted by Gasteiger charge is 2.52. The maximum atomic E-state index is 14.3.